The third kappa shape index (κ3) is 62.3. The van der Waals surface area contributed by atoms with Gasteiger partial charge in [-0.2, -0.15) is 0 Å². The van der Waals surface area contributed by atoms with Crippen LogP contribution < -0.4 is 0 Å². The molecule has 0 heterocycles. The van der Waals surface area contributed by atoms with Gasteiger partial charge in [0.15, 0.2) is 6.10 Å². The first-order valence-electron chi connectivity index (χ1n) is 32.7. The van der Waals surface area contributed by atoms with E-state index >= 15 is 0 Å². The Hall–Kier alpha value is -2.14. The van der Waals surface area contributed by atoms with Crippen molar-refractivity contribution in [3.63, 3.8) is 0 Å². The molecule has 0 aliphatic carbocycles. The number of carbonyl (C=O) groups is 2. The van der Waals surface area contributed by atoms with Crippen LogP contribution in [0, 0.1) is 0 Å². The van der Waals surface area contributed by atoms with Gasteiger partial charge in [0, 0.05) is 12.8 Å². The molecule has 0 aromatic rings. The second-order valence-corrected chi connectivity index (χ2v) is 22.2. The lowest BCUT2D eigenvalue weighted by Crippen LogP contribution is -2.28. The van der Waals surface area contributed by atoms with Crippen molar-refractivity contribution in [1.29, 1.82) is 0 Å². The van der Waals surface area contributed by atoms with E-state index in [0.717, 1.165) is 51.4 Å². The molecule has 5 nitrogen and oxygen atoms in total. The Morgan fingerprint density at radius 2 is 0.548 bits per heavy atom. The largest absolute Gasteiger partial charge is 0.462 e. The van der Waals surface area contributed by atoms with Crippen molar-refractivity contribution in [2.75, 3.05) is 13.2 Å². The van der Waals surface area contributed by atoms with Crippen molar-refractivity contribution in [2.24, 2.45) is 0 Å². The summed E-state index contributed by atoms with van der Waals surface area (Å²) in [6.07, 6.45) is 85.7. The van der Waals surface area contributed by atoms with Gasteiger partial charge in [0.2, 0.25) is 0 Å². The van der Waals surface area contributed by atoms with Crippen molar-refractivity contribution >= 4 is 11.9 Å². The second-order valence-electron chi connectivity index (χ2n) is 22.2. The number of ether oxygens (including phenoxy) is 2. The number of esters is 2. The maximum absolute atomic E-state index is 12.3. The number of carbonyl (C=O) groups excluding carboxylic acids is 2. The van der Waals surface area contributed by atoms with Gasteiger partial charge in [-0.15, -0.1) is 0 Å². The summed E-state index contributed by atoms with van der Waals surface area (Å²) in [5.74, 6) is -0.583. The molecule has 1 unspecified atom stereocenters. The maximum atomic E-state index is 12.3. The van der Waals surface area contributed by atoms with E-state index in [1.54, 1.807) is 0 Å². The van der Waals surface area contributed by atoms with Crippen molar-refractivity contribution in [2.45, 2.75) is 360 Å². The Balaban J connectivity index is 3.37. The van der Waals surface area contributed by atoms with E-state index < -0.39 is 6.10 Å². The van der Waals surface area contributed by atoms with Gasteiger partial charge < -0.3 is 14.6 Å². The molecule has 0 aromatic heterocycles. The number of aliphatic hydroxyl groups is 1. The maximum Gasteiger partial charge on any atom is 0.306 e. The summed E-state index contributed by atoms with van der Waals surface area (Å²) in [6, 6.07) is 0. The Morgan fingerprint density at radius 3 is 0.822 bits per heavy atom. The molecule has 5 heteroatoms. The predicted octanol–water partition coefficient (Wildman–Crippen LogP) is 22.4. The molecule has 0 aliphatic heterocycles. The summed E-state index contributed by atoms with van der Waals surface area (Å²) in [5, 5.41) is 9.66. The standard InChI is InChI=1S/C68H126O5/c1-3-5-7-9-11-13-15-17-19-21-23-24-25-26-27-28-29-30-31-32-33-34-35-36-37-38-39-40-41-42-43-44-45-47-49-51-53-55-57-59-61-63-68(71)73-66(64-69)65-72-67(70)62-60-58-56-54-52-50-48-46-22-20-18-16-14-12-10-8-6-4-2/h14-17,20-23,66,69H,3-13,18-19,24-65H2,1-2H3/b16-14-,17-15-,22-20-,23-21-. The van der Waals surface area contributed by atoms with E-state index in [9.17, 15) is 14.7 Å². The molecule has 0 spiro atoms. The molecule has 0 aliphatic rings. The van der Waals surface area contributed by atoms with E-state index in [-0.39, 0.29) is 25.2 Å². The van der Waals surface area contributed by atoms with Crippen molar-refractivity contribution in [3.05, 3.63) is 48.6 Å². The first-order valence-corrected chi connectivity index (χ1v) is 32.7. The number of hydrogen-bond donors (Lipinski definition) is 1. The van der Waals surface area contributed by atoms with Crippen molar-refractivity contribution in [3.8, 4) is 0 Å². The zero-order chi connectivity index (χ0) is 52.7. The lowest BCUT2D eigenvalue weighted by molar-refractivity contribution is -0.161. The molecular weight excluding hydrogens is 897 g/mol. The van der Waals surface area contributed by atoms with Crippen LogP contribution in [0.15, 0.2) is 48.6 Å². The van der Waals surface area contributed by atoms with Gasteiger partial charge in [0.1, 0.15) is 6.61 Å². The van der Waals surface area contributed by atoms with Crippen molar-refractivity contribution in [1.82, 2.24) is 0 Å². The molecule has 1 N–H and O–H groups in total. The average Bonchev–Trinajstić information content (AvgIpc) is 3.39. The van der Waals surface area contributed by atoms with Crippen molar-refractivity contribution < 1.29 is 24.2 Å². The molecule has 0 rings (SSSR count). The molecular formula is C68H126O5. The molecule has 0 aromatic carbocycles. The van der Waals surface area contributed by atoms with E-state index in [0.29, 0.717) is 12.8 Å². The van der Waals surface area contributed by atoms with E-state index in [4.69, 9.17) is 9.47 Å². The van der Waals surface area contributed by atoms with Gasteiger partial charge in [-0.3, -0.25) is 9.59 Å². The predicted molar refractivity (Wildman–Crippen MR) is 321 cm³/mol. The highest BCUT2D eigenvalue weighted by Crippen LogP contribution is 2.18. The molecule has 1 atom stereocenters. The Bertz CT molecular complexity index is 1200. The molecule has 0 saturated heterocycles. The van der Waals surface area contributed by atoms with Gasteiger partial charge in [-0.1, -0.05) is 313 Å². The van der Waals surface area contributed by atoms with Crippen LogP contribution in [0.3, 0.4) is 0 Å². The van der Waals surface area contributed by atoms with E-state index in [1.807, 2.05) is 0 Å². The highest BCUT2D eigenvalue weighted by atomic mass is 16.6. The van der Waals surface area contributed by atoms with Crippen LogP contribution in [0.1, 0.15) is 354 Å². The van der Waals surface area contributed by atoms with E-state index in [1.165, 1.54) is 276 Å². The molecule has 0 bridgehead atoms. The Kier molecular flexibility index (Phi) is 62.3. The molecule has 73 heavy (non-hydrogen) atoms. The third-order valence-corrected chi connectivity index (χ3v) is 14.8. The van der Waals surface area contributed by atoms with Crippen LogP contribution in [-0.4, -0.2) is 36.4 Å². The van der Waals surface area contributed by atoms with Gasteiger partial charge in [-0.25, -0.2) is 0 Å². The molecule has 0 saturated carbocycles. The second kappa shape index (κ2) is 64.1. The zero-order valence-electron chi connectivity index (χ0n) is 49.2. The third-order valence-electron chi connectivity index (χ3n) is 14.8. The highest BCUT2D eigenvalue weighted by Gasteiger charge is 2.16. The Morgan fingerprint density at radius 1 is 0.315 bits per heavy atom. The summed E-state index contributed by atoms with van der Waals surface area (Å²) >= 11 is 0. The lowest BCUT2D eigenvalue weighted by atomic mass is 10.0. The van der Waals surface area contributed by atoms with Crippen LogP contribution >= 0.6 is 0 Å². The fraction of sp³-hybridized carbons (Fsp3) is 0.853. The number of hydrogen-bond acceptors (Lipinski definition) is 5. The van der Waals surface area contributed by atoms with Crippen LogP contribution in [0.5, 0.6) is 0 Å². The summed E-state index contributed by atoms with van der Waals surface area (Å²) in [4.78, 5) is 24.5. The van der Waals surface area contributed by atoms with Crippen LogP contribution in [0.4, 0.5) is 0 Å². The van der Waals surface area contributed by atoms with Crippen LogP contribution in [-0.2, 0) is 19.1 Å². The lowest BCUT2D eigenvalue weighted by Gasteiger charge is -2.15. The molecule has 0 fully saturated rings. The van der Waals surface area contributed by atoms with Gasteiger partial charge in [0.25, 0.3) is 0 Å². The smallest absolute Gasteiger partial charge is 0.306 e. The summed E-state index contributed by atoms with van der Waals surface area (Å²) in [6.45, 7) is 4.15. The number of rotatable bonds is 61. The fourth-order valence-corrected chi connectivity index (χ4v) is 9.91. The minimum Gasteiger partial charge on any atom is -0.462 e. The van der Waals surface area contributed by atoms with Gasteiger partial charge >= 0.3 is 11.9 Å². The fourth-order valence-electron chi connectivity index (χ4n) is 9.91. The number of aliphatic hydroxyl groups excluding tert-OH is 1. The summed E-state index contributed by atoms with van der Waals surface area (Å²) in [5.41, 5.74) is 0. The molecule has 0 radical (unpaired) electrons. The first-order chi connectivity index (χ1) is 36.1. The summed E-state index contributed by atoms with van der Waals surface area (Å²) in [7, 11) is 0. The summed E-state index contributed by atoms with van der Waals surface area (Å²) < 4.78 is 10.7. The number of allylic oxidation sites excluding steroid dienone is 8. The van der Waals surface area contributed by atoms with Gasteiger partial charge in [0.05, 0.1) is 6.61 Å². The monoisotopic (exact) mass is 1020 g/mol. The average molecular weight is 1020 g/mol. The highest BCUT2D eigenvalue weighted by molar-refractivity contribution is 5.70. The SMILES string of the molecule is CCCCCC/C=C\C/C=C\CCCCCCCCCC(=O)OCC(CO)OC(=O)CCCCCCCCCCCCCCCCCCCCCCCCCCCCCCC/C=C\C/C=C\CCCCCCC. The minimum atomic E-state index is -0.774. The molecule has 0 amide bonds. The van der Waals surface area contributed by atoms with Crippen LogP contribution in [0.25, 0.3) is 0 Å². The molecule has 428 valence electrons. The zero-order valence-corrected chi connectivity index (χ0v) is 49.2. The Labute approximate surface area is 456 Å². The topological polar surface area (TPSA) is 72.8 Å². The van der Waals surface area contributed by atoms with Crippen LogP contribution in [0.2, 0.25) is 0 Å². The normalized spacial score (nSPS) is 12.4. The minimum absolute atomic E-state index is 0.0662. The quantitative estimate of drug-likeness (QED) is 0.0373. The van der Waals surface area contributed by atoms with E-state index in [2.05, 4.69) is 62.5 Å². The first kappa shape index (κ1) is 70.9. The number of unbranched alkanes of at least 4 members (excludes halogenated alkanes) is 45. The van der Waals surface area contributed by atoms with Gasteiger partial charge in [-0.05, 0) is 77.0 Å².